The fourth-order valence-corrected chi connectivity index (χ4v) is 1.52. The lowest BCUT2D eigenvalue weighted by Crippen LogP contribution is -2.16. The number of nitrogens with two attached hydrogens (primary N) is 1. The highest BCUT2D eigenvalue weighted by Crippen LogP contribution is 2.11. The molecule has 0 spiro atoms. The molecule has 4 N–H and O–H groups in total. The van der Waals surface area contributed by atoms with Gasteiger partial charge in [0, 0.05) is 5.69 Å². The van der Waals surface area contributed by atoms with Gasteiger partial charge in [0.1, 0.15) is 0 Å². The topological polar surface area (TPSA) is 117 Å². The van der Waals surface area contributed by atoms with Crippen molar-refractivity contribution in [3.63, 3.8) is 0 Å². The number of nitriles is 1. The summed E-state index contributed by atoms with van der Waals surface area (Å²) in [5.74, 6) is 5.17. The maximum absolute atomic E-state index is 11.9. The van der Waals surface area contributed by atoms with Crippen LogP contribution in [0.15, 0.2) is 36.4 Å². The first kappa shape index (κ1) is 13.5. The summed E-state index contributed by atoms with van der Waals surface area (Å²) >= 11 is 0. The van der Waals surface area contributed by atoms with Crippen molar-refractivity contribution < 1.29 is 4.79 Å². The number of hydrogen-bond donors (Lipinski definition) is 3. The van der Waals surface area contributed by atoms with Gasteiger partial charge in [-0.25, -0.2) is 5.84 Å². The lowest BCUT2D eigenvalue weighted by molar-refractivity contribution is 0.102. The molecule has 0 aliphatic carbocycles. The molecule has 2 rings (SSSR count). The number of benzene rings is 1. The van der Waals surface area contributed by atoms with Gasteiger partial charge in [0.05, 0.1) is 12.5 Å². The molecule has 0 radical (unpaired) electrons. The van der Waals surface area contributed by atoms with Crippen molar-refractivity contribution in [3.05, 3.63) is 47.7 Å². The Morgan fingerprint density at radius 3 is 2.50 bits per heavy atom. The maximum atomic E-state index is 11.9. The van der Waals surface area contributed by atoms with E-state index in [1.807, 2.05) is 0 Å². The Morgan fingerprint density at radius 1 is 1.20 bits per heavy atom. The Hall–Kier alpha value is -2.98. The Labute approximate surface area is 115 Å². The minimum atomic E-state index is -0.367. The highest BCUT2D eigenvalue weighted by Gasteiger charge is 2.08. The van der Waals surface area contributed by atoms with Crippen molar-refractivity contribution in [2.75, 3.05) is 10.7 Å². The maximum Gasteiger partial charge on any atom is 0.276 e. The highest BCUT2D eigenvalue weighted by atomic mass is 16.1. The van der Waals surface area contributed by atoms with Crippen molar-refractivity contribution in [2.45, 2.75) is 6.42 Å². The van der Waals surface area contributed by atoms with E-state index < -0.39 is 0 Å². The van der Waals surface area contributed by atoms with Crippen LogP contribution in [0.4, 0.5) is 11.5 Å². The molecule has 100 valence electrons. The third-order valence-corrected chi connectivity index (χ3v) is 2.54. The zero-order valence-corrected chi connectivity index (χ0v) is 10.5. The monoisotopic (exact) mass is 268 g/mol. The minimum absolute atomic E-state index is 0.185. The van der Waals surface area contributed by atoms with Gasteiger partial charge in [-0.05, 0) is 29.8 Å². The minimum Gasteiger partial charge on any atom is -0.321 e. The zero-order chi connectivity index (χ0) is 14.4. The number of anilines is 2. The summed E-state index contributed by atoms with van der Waals surface area (Å²) in [5, 5.41) is 18.7. The second-order valence-electron chi connectivity index (χ2n) is 3.93. The number of rotatable bonds is 4. The van der Waals surface area contributed by atoms with E-state index >= 15 is 0 Å². The van der Waals surface area contributed by atoms with E-state index in [1.165, 1.54) is 6.07 Å². The molecule has 20 heavy (non-hydrogen) atoms. The van der Waals surface area contributed by atoms with Gasteiger partial charge in [-0.1, -0.05) is 12.1 Å². The van der Waals surface area contributed by atoms with E-state index in [4.69, 9.17) is 11.1 Å². The second kappa shape index (κ2) is 6.26. The molecule has 1 amide bonds. The molecule has 0 saturated carbocycles. The van der Waals surface area contributed by atoms with E-state index in [0.29, 0.717) is 17.9 Å². The molecule has 1 aromatic carbocycles. The van der Waals surface area contributed by atoms with Crippen LogP contribution in [-0.4, -0.2) is 16.1 Å². The molecule has 0 aliphatic heterocycles. The Morgan fingerprint density at radius 2 is 1.95 bits per heavy atom. The van der Waals surface area contributed by atoms with Gasteiger partial charge in [0.2, 0.25) is 0 Å². The standard InChI is InChI=1S/C13H12N6O/c14-8-7-9-1-3-10(4-2-9)16-13(20)11-5-6-12(17-15)19-18-11/h1-6H,7,15H2,(H,16,20)(H,17,19). The van der Waals surface area contributed by atoms with Crippen LogP contribution < -0.4 is 16.6 Å². The third-order valence-electron chi connectivity index (χ3n) is 2.54. The van der Waals surface area contributed by atoms with Crippen LogP contribution in [0, 0.1) is 11.3 Å². The van der Waals surface area contributed by atoms with Crippen LogP contribution in [0.2, 0.25) is 0 Å². The molecule has 0 fully saturated rings. The quantitative estimate of drug-likeness (QED) is 0.564. The fourth-order valence-electron chi connectivity index (χ4n) is 1.52. The van der Waals surface area contributed by atoms with Gasteiger partial charge in [-0.3, -0.25) is 4.79 Å². The van der Waals surface area contributed by atoms with Gasteiger partial charge in [0.25, 0.3) is 5.91 Å². The van der Waals surface area contributed by atoms with Crippen molar-refractivity contribution in [1.82, 2.24) is 10.2 Å². The number of nitrogens with zero attached hydrogens (tertiary/aromatic N) is 3. The molecule has 1 heterocycles. The number of aromatic nitrogens is 2. The van der Waals surface area contributed by atoms with Crippen LogP contribution in [0.3, 0.4) is 0 Å². The summed E-state index contributed by atoms with van der Waals surface area (Å²) in [7, 11) is 0. The Bertz CT molecular complexity index is 629. The number of hydrogen-bond acceptors (Lipinski definition) is 6. The zero-order valence-electron chi connectivity index (χ0n) is 10.5. The van der Waals surface area contributed by atoms with Crippen molar-refractivity contribution in [1.29, 1.82) is 5.26 Å². The van der Waals surface area contributed by atoms with Crippen LogP contribution in [0.1, 0.15) is 16.1 Å². The fraction of sp³-hybridized carbons (Fsp3) is 0.0769. The normalized spacial score (nSPS) is 9.60. The van der Waals surface area contributed by atoms with Gasteiger partial charge in [-0.15, -0.1) is 10.2 Å². The average molecular weight is 268 g/mol. The first-order valence-corrected chi connectivity index (χ1v) is 5.80. The number of nitrogens with one attached hydrogen (secondary N) is 2. The molecular formula is C13H12N6O. The first-order chi connectivity index (χ1) is 9.72. The largest absolute Gasteiger partial charge is 0.321 e. The molecule has 7 nitrogen and oxygen atoms in total. The number of carbonyl (C=O) groups excluding carboxylic acids is 1. The summed E-state index contributed by atoms with van der Waals surface area (Å²) in [6.07, 6.45) is 0.341. The Balaban J connectivity index is 2.05. The van der Waals surface area contributed by atoms with Gasteiger partial charge in [-0.2, -0.15) is 5.26 Å². The number of hydrazine groups is 1. The molecule has 1 aromatic heterocycles. The third kappa shape index (κ3) is 3.28. The second-order valence-corrected chi connectivity index (χ2v) is 3.93. The average Bonchev–Trinajstić information content (AvgIpc) is 2.49. The lowest BCUT2D eigenvalue weighted by Gasteiger charge is -2.05. The van der Waals surface area contributed by atoms with Crippen molar-refractivity contribution >= 4 is 17.4 Å². The molecule has 0 saturated heterocycles. The van der Waals surface area contributed by atoms with Crippen molar-refractivity contribution in [3.8, 4) is 6.07 Å². The van der Waals surface area contributed by atoms with Crippen LogP contribution in [0.5, 0.6) is 0 Å². The predicted octanol–water partition coefficient (Wildman–Crippen LogP) is 1.08. The number of nitrogen functional groups attached to an aromatic ring is 1. The van der Waals surface area contributed by atoms with Gasteiger partial charge in [0.15, 0.2) is 11.5 Å². The summed E-state index contributed by atoms with van der Waals surface area (Å²) in [6, 6.07) is 12.2. The lowest BCUT2D eigenvalue weighted by atomic mass is 10.1. The summed E-state index contributed by atoms with van der Waals surface area (Å²) < 4.78 is 0. The molecular weight excluding hydrogens is 256 g/mol. The highest BCUT2D eigenvalue weighted by molar-refractivity contribution is 6.02. The number of amides is 1. The molecule has 0 atom stereocenters. The van der Waals surface area contributed by atoms with E-state index in [-0.39, 0.29) is 11.6 Å². The first-order valence-electron chi connectivity index (χ1n) is 5.80. The van der Waals surface area contributed by atoms with E-state index in [1.54, 1.807) is 30.3 Å². The smallest absolute Gasteiger partial charge is 0.276 e. The molecule has 0 aliphatic rings. The van der Waals surface area contributed by atoms with Crippen LogP contribution in [-0.2, 0) is 6.42 Å². The SMILES string of the molecule is N#CCc1ccc(NC(=O)c2ccc(NN)nn2)cc1. The predicted molar refractivity (Wildman–Crippen MR) is 73.6 cm³/mol. The van der Waals surface area contributed by atoms with Crippen molar-refractivity contribution in [2.24, 2.45) is 5.84 Å². The number of carbonyl (C=O) groups is 1. The van der Waals surface area contributed by atoms with Crippen LogP contribution >= 0.6 is 0 Å². The van der Waals surface area contributed by atoms with E-state index in [2.05, 4.69) is 27.0 Å². The van der Waals surface area contributed by atoms with Gasteiger partial charge < -0.3 is 10.7 Å². The summed E-state index contributed by atoms with van der Waals surface area (Å²) in [6.45, 7) is 0. The molecule has 2 aromatic rings. The summed E-state index contributed by atoms with van der Waals surface area (Å²) in [5.41, 5.74) is 4.03. The summed E-state index contributed by atoms with van der Waals surface area (Å²) in [4.78, 5) is 11.9. The molecule has 0 unspecified atom stereocenters. The van der Waals surface area contributed by atoms with Crippen LogP contribution in [0.25, 0.3) is 0 Å². The molecule has 0 bridgehead atoms. The molecule has 7 heteroatoms. The van der Waals surface area contributed by atoms with E-state index in [9.17, 15) is 4.79 Å². The van der Waals surface area contributed by atoms with E-state index in [0.717, 1.165) is 5.56 Å². The van der Waals surface area contributed by atoms with Gasteiger partial charge >= 0.3 is 0 Å². The Kier molecular flexibility index (Phi) is 4.21.